The molecular weight excluding hydrogens is 198 g/mol. The number of nitrogens with one attached hydrogen (secondary N) is 1. The van der Waals surface area contributed by atoms with Gasteiger partial charge in [-0.1, -0.05) is 0 Å². The fourth-order valence-corrected chi connectivity index (χ4v) is 2.51. The molecule has 0 fully saturated rings. The van der Waals surface area contributed by atoms with Gasteiger partial charge in [-0.3, -0.25) is 0 Å². The molecule has 0 saturated carbocycles. The van der Waals surface area contributed by atoms with E-state index in [2.05, 4.69) is 23.7 Å². The molecule has 1 unspecified atom stereocenters. The summed E-state index contributed by atoms with van der Waals surface area (Å²) in [6.07, 6.45) is -0.239. The van der Waals surface area contributed by atoms with E-state index in [1.807, 2.05) is 7.05 Å². The summed E-state index contributed by atoms with van der Waals surface area (Å²) in [7, 11) is 5.22. The number of hydrogen-bond acceptors (Lipinski definition) is 4. The van der Waals surface area contributed by atoms with Gasteiger partial charge in [0.25, 0.3) is 0 Å². The molecule has 0 aliphatic heterocycles. The van der Waals surface area contributed by atoms with Crippen molar-refractivity contribution in [3.63, 3.8) is 0 Å². The standard InChI is InChI=1S/C10H17NO2S/c1-7-5-6-14-9(7)8(11-2)10(12-3)13-4/h5-6,8,10-11H,1-4H3. The van der Waals surface area contributed by atoms with Crippen LogP contribution in [0.1, 0.15) is 16.5 Å². The molecule has 0 aliphatic carbocycles. The molecule has 1 atom stereocenters. The molecular formula is C10H17NO2S. The van der Waals surface area contributed by atoms with Crippen LogP contribution in [0.5, 0.6) is 0 Å². The van der Waals surface area contributed by atoms with Crippen LogP contribution in [0.3, 0.4) is 0 Å². The van der Waals surface area contributed by atoms with Gasteiger partial charge in [0, 0.05) is 19.1 Å². The van der Waals surface area contributed by atoms with Gasteiger partial charge in [-0.25, -0.2) is 0 Å². The number of aryl methyl sites for hydroxylation is 1. The van der Waals surface area contributed by atoms with Crippen molar-refractivity contribution >= 4 is 11.3 Å². The van der Waals surface area contributed by atoms with Crippen molar-refractivity contribution in [3.05, 3.63) is 21.9 Å². The van der Waals surface area contributed by atoms with Crippen molar-refractivity contribution in [2.24, 2.45) is 0 Å². The number of likely N-dealkylation sites (N-methyl/N-ethyl adjacent to an activating group) is 1. The molecule has 1 aromatic rings. The highest BCUT2D eigenvalue weighted by Gasteiger charge is 2.23. The van der Waals surface area contributed by atoms with E-state index in [4.69, 9.17) is 9.47 Å². The van der Waals surface area contributed by atoms with Crippen molar-refractivity contribution in [1.82, 2.24) is 5.32 Å². The summed E-state index contributed by atoms with van der Waals surface area (Å²) in [5.41, 5.74) is 1.27. The van der Waals surface area contributed by atoms with Crippen LogP contribution in [-0.2, 0) is 9.47 Å². The van der Waals surface area contributed by atoms with E-state index < -0.39 is 0 Å². The Bertz CT molecular complexity index is 271. The van der Waals surface area contributed by atoms with E-state index >= 15 is 0 Å². The molecule has 1 rings (SSSR count). The molecule has 3 nitrogen and oxygen atoms in total. The highest BCUT2D eigenvalue weighted by Crippen LogP contribution is 2.27. The minimum Gasteiger partial charge on any atom is -0.354 e. The maximum absolute atomic E-state index is 5.25. The van der Waals surface area contributed by atoms with Gasteiger partial charge in [0.1, 0.15) is 0 Å². The van der Waals surface area contributed by atoms with Crippen molar-refractivity contribution in [1.29, 1.82) is 0 Å². The maximum atomic E-state index is 5.25. The molecule has 0 spiro atoms. The van der Waals surface area contributed by atoms with Gasteiger partial charge >= 0.3 is 0 Å². The Hall–Kier alpha value is -0.420. The lowest BCUT2D eigenvalue weighted by Crippen LogP contribution is -2.32. The molecule has 1 N–H and O–H groups in total. The lowest BCUT2D eigenvalue weighted by atomic mass is 10.1. The average molecular weight is 215 g/mol. The molecule has 0 aliphatic rings. The minimum atomic E-state index is -0.239. The molecule has 14 heavy (non-hydrogen) atoms. The molecule has 0 saturated heterocycles. The summed E-state index contributed by atoms with van der Waals surface area (Å²) in [5.74, 6) is 0. The van der Waals surface area contributed by atoms with Crippen LogP contribution in [0.2, 0.25) is 0 Å². The summed E-state index contributed by atoms with van der Waals surface area (Å²) in [4.78, 5) is 1.27. The van der Waals surface area contributed by atoms with Crippen LogP contribution >= 0.6 is 11.3 Å². The van der Waals surface area contributed by atoms with Gasteiger partial charge in [-0.15, -0.1) is 11.3 Å². The zero-order valence-corrected chi connectivity index (χ0v) is 9.85. The topological polar surface area (TPSA) is 30.5 Å². The summed E-state index contributed by atoms with van der Waals surface area (Å²) >= 11 is 1.72. The highest BCUT2D eigenvalue weighted by molar-refractivity contribution is 7.10. The van der Waals surface area contributed by atoms with E-state index in [-0.39, 0.29) is 12.3 Å². The van der Waals surface area contributed by atoms with Crippen molar-refractivity contribution in [2.45, 2.75) is 19.3 Å². The Kier molecular flexibility index (Phi) is 4.54. The van der Waals surface area contributed by atoms with Gasteiger partial charge < -0.3 is 14.8 Å². The fourth-order valence-electron chi connectivity index (χ4n) is 1.46. The Balaban J connectivity index is 2.86. The maximum Gasteiger partial charge on any atom is 0.177 e. The van der Waals surface area contributed by atoms with E-state index in [0.29, 0.717) is 0 Å². The quantitative estimate of drug-likeness (QED) is 0.761. The van der Waals surface area contributed by atoms with Crippen molar-refractivity contribution < 1.29 is 9.47 Å². The predicted octanol–water partition coefficient (Wildman–Crippen LogP) is 1.94. The van der Waals surface area contributed by atoms with Gasteiger partial charge in [0.2, 0.25) is 0 Å². The van der Waals surface area contributed by atoms with Crippen molar-refractivity contribution in [2.75, 3.05) is 21.3 Å². The number of hydrogen-bond donors (Lipinski definition) is 1. The molecule has 0 amide bonds. The SMILES string of the molecule is CNC(c1sccc1C)C(OC)OC. The smallest absolute Gasteiger partial charge is 0.177 e. The van der Waals surface area contributed by atoms with E-state index in [9.17, 15) is 0 Å². The second-order valence-corrected chi connectivity index (χ2v) is 4.02. The van der Waals surface area contributed by atoms with Gasteiger partial charge in [-0.2, -0.15) is 0 Å². The van der Waals surface area contributed by atoms with Gasteiger partial charge in [0.05, 0.1) is 6.04 Å². The normalized spacial score (nSPS) is 13.5. The van der Waals surface area contributed by atoms with Crippen LogP contribution in [0.4, 0.5) is 0 Å². The van der Waals surface area contributed by atoms with Crippen LogP contribution in [0.15, 0.2) is 11.4 Å². The zero-order chi connectivity index (χ0) is 10.6. The second-order valence-electron chi connectivity index (χ2n) is 3.07. The average Bonchev–Trinajstić information content (AvgIpc) is 2.61. The van der Waals surface area contributed by atoms with E-state index in [0.717, 1.165) is 0 Å². The molecule has 1 aromatic heterocycles. The van der Waals surface area contributed by atoms with Crippen LogP contribution in [0.25, 0.3) is 0 Å². The summed E-state index contributed by atoms with van der Waals surface area (Å²) in [6, 6.07) is 2.21. The third kappa shape index (κ3) is 2.33. The number of thiophene rings is 1. The molecule has 80 valence electrons. The molecule has 1 heterocycles. The summed E-state index contributed by atoms with van der Waals surface area (Å²) in [6.45, 7) is 2.10. The first-order chi connectivity index (χ1) is 6.74. The Morgan fingerprint density at radius 2 is 2.00 bits per heavy atom. The van der Waals surface area contributed by atoms with Crippen molar-refractivity contribution in [3.8, 4) is 0 Å². The van der Waals surface area contributed by atoms with Crippen LogP contribution in [-0.4, -0.2) is 27.6 Å². The first-order valence-electron chi connectivity index (χ1n) is 4.51. The number of methoxy groups -OCH3 is 2. The van der Waals surface area contributed by atoms with Crippen LogP contribution < -0.4 is 5.32 Å². The minimum absolute atomic E-state index is 0.102. The van der Waals surface area contributed by atoms with Gasteiger partial charge in [0.15, 0.2) is 6.29 Å². The third-order valence-corrected chi connectivity index (χ3v) is 3.33. The highest BCUT2D eigenvalue weighted by atomic mass is 32.1. The van der Waals surface area contributed by atoms with E-state index in [1.54, 1.807) is 25.6 Å². The summed E-state index contributed by atoms with van der Waals surface area (Å²) in [5, 5.41) is 5.29. The largest absolute Gasteiger partial charge is 0.354 e. The Labute approximate surface area is 89.0 Å². The first-order valence-corrected chi connectivity index (χ1v) is 5.39. The Morgan fingerprint density at radius 1 is 1.36 bits per heavy atom. The zero-order valence-electron chi connectivity index (χ0n) is 9.03. The number of ether oxygens (including phenoxy) is 2. The van der Waals surface area contributed by atoms with Gasteiger partial charge in [-0.05, 0) is 31.0 Å². The van der Waals surface area contributed by atoms with E-state index in [1.165, 1.54) is 10.4 Å². The molecule has 0 bridgehead atoms. The molecule has 0 aromatic carbocycles. The van der Waals surface area contributed by atoms with Crippen LogP contribution in [0, 0.1) is 6.92 Å². The molecule has 4 heteroatoms. The molecule has 0 radical (unpaired) electrons. The predicted molar refractivity (Wildman–Crippen MR) is 58.7 cm³/mol. The Morgan fingerprint density at radius 3 is 2.36 bits per heavy atom. The lowest BCUT2D eigenvalue weighted by Gasteiger charge is -2.24. The second kappa shape index (κ2) is 5.46. The third-order valence-electron chi connectivity index (χ3n) is 2.23. The first kappa shape index (κ1) is 11.7. The fraction of sp³-hybridized carbons (Fsp3) is 0.600. The lowest BCUT2D eigenvalue weighted by molar-refractivity contribution is -0.122. The monoisotopic (exact) mass is 215 g/mol. The number of rotatable bonds is 5. The summed E-state index contributed by atoms with van der Waals surface area (Å²) < 4.78 is 10.5.